The molecule has 0 aromatic heterocycles. The summed E-state index contributed by atoms with van der Waals surface area (Å²) >= 11 is 0. The number of rotatable bonds is 9. The third kappa shape index (κ3) is 4.89. The van der Waals surface area contributed by atoms with Crippen LogP contribution in [0.1, 0.15) is 12.5 Å². The summed E-state index contributed by atoms with van der Waals surface area (Å²) in [6.45, 7) is 1.48. The topological polar surface area (TPSA) is 94.6 Å². The standard InChI is InChI=1S/C27H30N2O7S/c1-18-14-19-8-6-7-9-22(19)29(18)27(30)17-28(23-15-20(33-2)10-12-24(23)34-3)37(31,32)21-11-13-25(35-4)26(16-21)36-5/h6-13,15-16,18H,14,17H2,1-5H3/t18-/m0/s1. The summed E-state index contributed by atoms with van der Waals surface area (Å²) in [7, 11) is 1.53. The molecule has 4 rings (SSSR count). The molecule has 1 heterocycles. The number of para-hydroxylation sites is 1. The third-order valence-corrected chi connectivity index (χ3v) is 8.11. The van der Waals surface area contributed by atoms with E-state index in [0.717, 1.165) is 15.6 Å². The average Bonchev–Trinajstić information content (AvgIpc) is 3.26. The van der Waals surface area contributed by atoms with E-state index < -0.39 is 16.6 Å². The second-order valence-electron chi connectivity index (χ2n) is 8.51. The zero-order valence-corrected chi connectivity index (χ0v) is 22.2. The average molecular weight is 527 g/mol. The number of hydrogen-bond donors (Lipinski definition) is 0. The Morgan fingerprint density at radius 2 is 1.57 bits per heavy atom. The van der Waals surface area contributed by atoms with Gasteiger partial charge in [-0.3, -0.25) is 9.10 Å². The molecule has 196 valence electrons. The summed E-state index contributed by atoms with van der Waals surface area (Å²) in [6.07, 6.45) is 0.687. The first-order chi connectivity index (χ1) is 17.7. The van der Waals surface area contributed by atoms with Crippen LogP contribution in [-0.4, -0.2) is 55.4 Å². The first-order valence-electron chi connectivity index (χ1n) is 11.6. The van der Waals surface area contributed by atoms with Crippen LogP contribution in [0.15, 0.2) is 65.6 Å². The van der Waals surface area contributed by atoms with Gasteiger partial charge in [0, 0.05) is 23.9 Å². The number of fused-ring (bicyclic) bond motifs is 1. The van der Waals surface area contributed by atoms with Crippen molar-refractivity contribution in [3.05, 3.63) is 66.2 Å². The highest BCUT2D eigenvalue weighted by Gasteiger charge is 2.36. The molecule has 1 atom stereocenters. The molecule has 3 aromatic carbocycles. The first kappa shape index (κ1) is 26.2. The van der Waals surface area contributed by atoms with Crippen molar-refractivity contribution in [2.45, 2.75) is 24.3 Å². The Kier molecular flexibility index (Phi) is 7.49. The fourth-order valence-electron chi connectivity index (χ4n) is 4.54. The SMILES string of the molecule is COc1ccc(OC)c(N(CC(=O)N2c3ccccc3C[C@@H]2C)S(=O)(=O)c2ccc(OC)c(OC)c2)c1. The lowest BCUT2D eigenvalue weighted by molar-refractivity contribution is -0.117. The summed E-state index contributed by atoms with van der Waals surface area (Å²) in [6, 6.07) is 16.6. The van der Waals surface area contributed by atoms with E-state index >= 15 is 0 Å². The molecule has 1 amide bonds. The van der Waals surface area contributed by atoms with Gasteiger partial charge in [-0.1, -0.05) is 18.2 Å². The number of methoxy groups -OCH3 is 4. The van der Waals surface area contributed by atoms with Gasteiger partial charge in [-0.15, -0.1) is 0 Å². The highest BCUT2D eigenvalue weighted by atomic mass is 32.2. The van der Waals surface area contributed by atoms with Gasteiger partial charge in [0.1, 0.15) is 18.0 Å². The molecule has 0 radical (unpaired) electrons. The van der Waals surface area contributed by atoms with Crippen molar-refractivity contribution >= 4 is 27.3 Å². The van der Waals surface area contributed by atoms with Gasteiger partial charge in [0.05, 0.1) is 39.0 Å². The second-order valence-corrected chi connectivity index (χ2v) is 10.4. The lowest BCUT2D eigenvalue weighted by atomic mass is 10.1. The van der Waals surface area contributed by atoms with Gasteiger partial charge in [-0.05, 0) is 49.2 Å². The molecule has 1 aliphatic heterocycles. The highest BCUT2D eigenvalue weighted by Crippen LogP contribution is 2.38. The van der Waals surface area contributed by atoms with Crippen molar-refractivity contribution in [2.24, 2.45) is 0 Å². The maximum absolute atomic E-state index is 14.1. The predicted octanol–water partition coefficient (Wildman–Crippen LogP) is 3.89. The number of nitrogens with zero attached hydrogens (tertiary/aromatic N) is 2. The molecule has 0 fully saturated rings. The monoisotopic (exact) mass is 526 g/mol. The molecule has 0 spiro atoms. The number of ether oxygens (including phenoxy) is 4. The minimum atomic E-state index is -4.27. The molecule has 1 aliphatic rings. The van der Waals surface area contributed by atoms with E-state index in [9.17, 15) is 13.2 Å². The predicted molar refractivity (Wildman–Crippen MR) is 141 cm³/mol. The van der Waals surface area contributed by atoms with Crippen LogP contribution >= 0.6 is 0 Å². The lowest BCUT2D eigenvalue weighted by Crippen LogP contribution is -2.45. The molecular weight excluding hydrogens is 496 g/mol. The minimum absolute atomic E-state index is 0.0716. The van der Waals surface area contributed by atoms with Gasteiger partial charge in [0.25, 0.3) is 10.0 Å². The van der Waals surface area contributed by atoms with Crippen LogP contribution in [0.4, 0.5) is 11.4 Å². The number of hydrogen-bond acceptors (Lipinski definition) is 7. The summed E-state index contributed by atoms with van der Waals surface area (Å²) in [4.78, 5) is 15.3. The van der Waals surface area contributed by atoms with E-state index in [-0.39, 0.29) is 34.0 Å². The quantitative estimate of drug-likeness (QED) is 0.417. The zero-order valence-electron chi connectivity index (χ0n) is 21.4. The Hall–Kier alpha value is -3.92. The van der Waals surface area contributed by atoms with Crippen LogP contribution in [0.25, 0.3) is 0 Å². The van der Waals surface area contributed by atoms with Crippen LogP contribution < -0.4 is 28.2 Å². The largest absolute Gasteiger partial charge is 0.497 e. The first-order valence-corrected chi connectivity index (χ1v) is 13.1. The summed E-state index contributed by atoms with van der Waals surface area (Å²) in [5, 5.41) is 0. The van der Waals surface area contributed by atoms with Gasteiger partial charge in [-0.2, -0.15) is 0 Å². The fraction of sp³-hybridized carbons (Fsp3) is 0.296. The normalized spacial score (nSPS) is 14.6. The lowest BCUT2D eigenvalue weighted by Gasteiger charge is -2.30. The molecule has 0 aliphatic carbocycles. The summed E-state index contributed by atoms with van der Waals surface area (Å²) in [5.41, 5.74) is 1.99. The van der Waals surface area contributed by atoms with Gasteiger partial charge in [0.15, 0.2) is 11.5 Å². The third-order valence-electron chi connectivity index (χ3n) is 6.35. The number of benzene rings is 3. The van der Waals surface area contributed by atoms with Crippen molar-refractivity contribution < 1.29 is 32.2 Å². The Labute approximate surface area is 217 Å². The Bertz CT molecular complexity index is 1410. The van der Waals surface area contributed by atoms with E-state index in [0.29, 0.717) is 17.9 Å². The molecular formula is C27H30N2O7S. The van der Waals surface area contributed by atoms with E-state index in [1.165, 1.54) is 52.7 Å². The van der Waals surface area contributed by atoms with Gasteiger partial charge < -0.3 is 23.8 Å². The molecule has 3 aromatic rings. The zero-order chi connectivity index (χ0) is 26.7. The van der Waals surface area contributed by atoms with E-state index in [1.807, 2.05) is 31.2 Å². The van der Waals surface area contributed by atoms with Crippen LogP contribution in [0.5, 0.6) is 23.0 Å². The number of amides is 1. The number of sulfonamides is 1. The molecule has 9 nitrogen and oxygen atoms in total. The van der Waals surface area contributed by atoms with Gasteiger partial charge in [0.2, 0.25) is 5.91 Å². The number of carbonyl (C=O) groups is 1. The maximum Gasteiger partial charge on any atom is 0.265 e. The van der Waals surface area contributed by atoms with E-state index in [1.54, 1.807) is 17.0 Å². The smallest absolute Gasteiger partial charge is 0.265 e. The van der Waals surface area contributed by atoms with Crippen LogP contribution in [-0.2, 0) is 21.2 Å². The molecule has 0 N–H and O–H groups in total. The van der Waals surface area contributed by atoms with Crippen LogP contribution in [0, 0.1) is 0 Å². The van der Waals surface area contributed by atoms with Gasteiger partial charge in [-0.25, -0.2) is 8.42 Å². The Balaban J connectivity index is 1.83. The van der Waals surface area contributed by atoms with E-state index in [4.69, 9.17) is 18.9 Å². The van der Waals surface area contributed by atoms with Crippen LogP contribution in [0.3, 0.4) is 0 Å². The molecule has 0 bridgehead atoms. The van der Waals surface area contributed by atoms with Crippen molar-refractivity contribution in [3.63, 3.8) is 0 Å². The second kappa shape index (κ2) is 10.6. The van der Waals surface area contributed by atoms with Crippen LogP contribution in [0.2, 0.25) is 0 Å². The maximum atomic E-state index is 14.1. The molecule has 0 saturated heterocycles. The van der Waals surface area contributed by atoms with Gasteiger partial charge >= 0.3 is 0 Å². The number of carbonyl (C=O) groups excluding carboxylic acids is 1. The Morgan fingerprint density at radius 1 is 0.892 bits per heavy atom. The summed E-state index contributed by atoms with van der Waals surface area (Å²) < 4.78 is 50.7. The highest BCUT2D eigenvalue weighted by molar-refractivity contribution is 7.92. The minimum Gasteiger partial charge on any atom is -0.497 e. The molecule has 0 unspecified atom stereocenters. The molecule has 10 heteroatoms. The van der Waals surface area contributed by atoms with Crippen molar-refractivity contribution in [2.75, 3.05) is 44.2 Å². The molecule has 37 heavy (non-hydrogen) atoms. The Morgan fingerprint density at radius 3 is 2.24 bits per heavy atom. The van der Waals surface area contributed by atoms with Crippen molar-refractivity contribution in [1.29, 1.82) is 0 Å². The van der Waals surface area contributed by atoms with E-state index in [2.05, 4.69) is 0 Å². The molecule has 0 saturated carbocycles. The van der Waals surface area contributed by atoms with Crippen molar-refractivity contribution in [1.82, 2.24) is 0 Å². The number of anilines is 2. The summed E-state index contributed by atoms with van der Waals surface area (Å²) in [5.74, 6) is 0.939. The van der Waals surface area contributed by atoms with Crippen molar-refractivity contribution in [3.8, 4) is 23.0 Å². The fourth-order valence-corrected chi connectivity index (χ4v) is 5.97.